The van der Waals surface area contributed by atoms with E-state index >= 15 is 0 Å². The van der Waals surface area contributed by atoms with Gasteiger partial charge in [0, 0.05) is 13.1 Å². The summed E-state index contributed by atoms with van der Waals surface area (Å²) in [5, 5.41) is 11.8. The van der Waals surface area contributed by atoms with E-state index in [0.717, 1.165) is 0 Å². The van der Waals surface area contributed by atoms with Crippen LogP contribution in [0.3, 0.4) is 0 Å². The third kappa shape index (κ3) is 4.26. The van der Waals surface area contributed by atoms with Gasteiger partial charge < -0.3 is 21.1 Å². The number of rotatable bonds is 7. The number of hydrogen-bond acceptors (Lipinski definition) is 4. The van der Waals surface area contributed by atoms with Gasteiger partial charge in [-0.05, 0) is 31.3 Å². The summed E-state index contributed by atoms with van der Waals surface area (Å²) in [7, 11) is 0. The molecule has 0 aliphatic carbocycles. The average molecular weight is 317 g/mol. The van der Waals surface area contributed by atoms with Gasteiger partial charge in [0.2, 0.25) is 5.91 Å². The van der Waals surface area contributed by atoms with E-state index in [2.05, 4.69) is 5.32 Å². The summed E-state index contributed by atoms with van der Waals surface area (Å²) in [5.74, 6) is -0.411. The molecule has 4 N–H and O–H groups in total. The maximum absolute atomic E-state index is 12.5. The third-order valence-electron chi connectivity index (χ3n) is 4.02. The molecule has 0 aromatic rings. The van der Waals surface area contributed by atoms with Crippen molar-refractivity contribution in [1.29, 1.82) is 0 Å². The molecule has 0 bridgehead atoms. The third-order valence-corrected chi connectivity index (χ3v) is 4.67. The van der Waals surface area contributed by atoms with Crippen LogP contribution in [0.1, 0.15) is 26.2 Å². The molecular weight excluding hydrogens is 294 g/mol. The topological polar surface area (TPSA) is 113 Å². The summed E-state index contributed by atoms with van der Waals surface area (Å²) < 4.78 is 0. The molecule has 1 heterocycles. The summed E-state index contributed by atoms with van der Waals surface area (Å²) in [6.07, 6.45) is 3.31. The molecule has 0 saturated carbocycles. The Morgan fingerprint density at radius 3 is 2.57 bits per heavy atom. The number of carbonyl (C=O) groups excluding carboxylic acids is 2. The lowest BCUT2D eigenvalue weighted by molar-refractivity contribution is -0.148. The minimum absolute atomic E-state index is 0.188. The average Bonchev–Trinajstić information content (AvgIpc) is 2.88. The van der Waals surface area contributed by atoms with Crippen LogP contribution in [0.25, 0.3) is 0 Å². The standard InChI is InChI=1S/C13H23N3O4S/c1-3-13(11(18)19)5-6-16(8-13)10(17)9(4-7-21-2)15-12(14)20/h9H,3-8H2,1-2H3,(H,18,19)(H3,14,15,20). The Kier molecular flexibility index (Phi) is 6.32. The van der Waals surface area contributed by atoms with Gasteiger partial charge in [-0.2, -0.15) is 11.8 Å². The van der Waals surface area contributed by atoms with Crippen molar-refractivity contribution in [3.63, 3.8) is 0 Å². The highest BCUT2D eigenvalue weighted by Gasteiger charge is 2.45. The lowest BCUT2D eigenvalue weighted by Gasteiger charge is -2.26. The van der Waals surface area contributed by atoms with Crippen molar-refractivity contribution in [3.05, 3.63) is 0 Å². The van der Waals surface area contributed by atoms with Crippen molar-refractivity contribution in [2.45, 2.75) is 32.2 Å². The Balaban J connectivity index is 2.76. The zero-order valence-electron chi connectivity index (χ0n) is 12.4. The second-order valence-corrected chi connectivity index (χ2v) is 6.28. The predicted octanol–water partition coefficient (Wildman–Crippen LogP) is 0.490. The minimum atomic E-state index is -0.871. The lowest BCUT2D eigenvalue weighted by Crippen LogP contribution is -2.50. The van der Waals surface area contributed by atoms with Gasteiger partial charge in [0.15, 0.2) is 0 Å². The zero-order valence-corrected chi connectivity index (χ0v) is 13.2. The molecule has 120 valence electrons. The number of nitrogens with two attached hydrogens (primary N) is 1. The molecule has 1 saturated heterocycles. The molecule has 1 fully saturated rings. The first-order valence-corrected chi connectivity index (χ1v) is 8.32. The number of amides is 3. The number of hydrogen-bond donors (Lipinski definition) is 3. The number of aliphatic carboxylic acids is 1. The van der Waals surface area contributed by atoms with Crippen molar-refractivity contribution in [3.8, 4) is 0 Å². The molecule has 0 aromatic carbocycles. The number of carbonyl (C=O) groups is 3. The molecule has 1 rings (SSSR count). The van der Waals surface area contributed by atoms with Gasteiger partial charge in [0.05, 0.1) is 5.41 Å². The van der Waals surface area contributed by atoms with Gasteiger partial charge in [-0.15, -0.1) is 0 Å². The van der Waals surface area contributed by atoms with E-state index in [9.17, 15) is 19.5 Å². The maximum Gasteiger partial charge on any atom is 0.312 e. The Hall–Kier alpha value is -1.44. The molecule has 7 nitrogen and oxygen atoms in total. The Bertz CT molecular complexity index is 418. The first-order chi connectivity index (χ1) is 9.86. The highest BCUT2D eigenvalue weighted by atomic mass is 32.2. The van der Waals surface area contributed by atoms with E-state index in [1.165, 1.54) is 4.90 Å². The molecule has 21 heavy (non-hydrogen) atoms. The van der Waals surface area contributed by atoms with Crippen LogP contribution in [0, 0.1) is 5.41 Å². The first kappa shape index (κ1) is 17.6. The first-order valence-electron chi connectivity index (χ1n) is 6.93. The highest BCUT2D eigenvalue weighted by Crippen LogP contribution is 2.34. The molecule has 1 aliphatic heterocycles. The van der Waals surface area contributed by atoms with E-state index in [1.54, 1.807) is 11.8 Å². The Labute approximate surface area is 128 Å². The quantitative estimate of drug-likeness (QED) is 0.632. The number of carboxylic acids is 1. The van der Waals surface area contributed by atoms with Gasteiger partial charge in [-0.1, -0.05) is 6.92 Å². The lowest BCUT2D eigenvalue weighted by atomic mass is 9.84. The van der Waals surface area contributed by atoms with Gasteiger partial charge in [0.25, 0.3) is 0 Å². The molecule has 1 aliphatic rings. The number of likely N-dealkylation sites (tertiary alicyclic amines) is 1. The molecule has 0 aromatic heterocycles. The number of urea groups is 1. The van der Waals surface area contributed by atoms with Crippen LogP contribution >= 0.6 is 11.8 Å². The van der Waals surface area contributed by atoms with Crippen molar-refractivity contribution >= 4 is 29.7 Å². The summed E-state index contributed by atoms with van der Waals surface area (Å²) >= 11 is 1.57. The molecule has 8 heteroatoms. The van der Waals surface area contributed by atoms with Crippen LogP contribution in [0.2, 0.25) is 0 Å². The van der Waals surface area contributed by atoms with Crippen molar-refractivity contribution in [2.75, 3.05) is 25.1 Å². The van der Waals surface area contributed by atoms with E-state index in [0.29, 0.717) is 31.6 Å². The molecular formula is C13H23N3O4S. The van der Waals surface area contributed by atoms with E-state index in [4.69, 9.17) is 5.73 Å². The SMILES string of the molecule is CCC1(C(=O)O)CCN(C(=O)C(CCSC)NC(N)=O)C1. The smallest absolute Gasteiger partial charge is 0.312 e. The highest BCUT2D eigenvalue weighted by molar-refractivity contribution is 7.98. The van der Waals surface area contributed by atoms with Crippen LogP contribution in [-0.4, -0.2) is 59.1 Å². The summed E-state index contributed by atoms with van der Waals surface area (Å²) in [6, 6.07) is -1.43. The molecule has 2 unspecified atom stereocenters. The fraction of sp³-hybridized carbons (Fsp3) is 0.769. The van der Waals surface area contributed by atoms with Crippen LogP contribution in [0.4, 0.5) is 4.79 Å². The zero-order chi connectivity index (χ0) is 16.0. The summed E-state index contributed by atoms with van der Waals surface area (Å²) in [6.45, 7) is 2.40. The van der Waals surface area contributed by atoms with Crippen molar-refractivity contribution < 1.29 is 19.5 Å². The number of nitrogens with one attached hydrogen (secondary N) is 1. The minimum Gasteiger partial charge on any atom is -0.481 e. The number of thioether (sulfide) groups is 1. The van der Waals surface area contributed by atoms with E-state index in [-0.39, 0.29) is 12.5 Å². The van der Waals surface area contributed by atoms with Crippen molar-refractivity contribution in [1.82, 2.24) is 10.2 Å². The molecule has 0 radical (unpaired) electrons. The van der Waals surface area contributed by atoms with Crippen LogP contribution in [-0.2, 0) is 9.59 Å². The molecule has 3 amide bonds. The van der Waals surface area contributed by atoms with E-state index in [1.807, 2.05) is 13.2 Å². The summed E-state index contributed by atoms with van der Waals surface area (Å²) in [4.78, 5) is 36.4. The van der Waals surface area contributed by atoms with E-state index < -0.39 is 23.5 Å². The molecule has 2 atom stereocenters. The monoisotopic (exact) mass is 317 g/mol. The predicted molar refractivity (Wildman–Crippen MR) is 81.1 cm³/mol. The van der Waals surface area contributed by atoms with Crippen LogP contribution in [0.15, 0.2) is 0 Å². The fourth-order valence-corrected chi connectivity index (χ4v) is 3.03. The summed E-state index contributed by atoms with van der Waals surface area (Å²) in [5.41, 5.74) is 4.24. The largest absolute Gasteiger partial charge is 0.481 e. The second kappa shape index (κ2) is 7.53. The Morgan fingerprint density at radius 2 is 2.14 bits per heavy atom. The number of primary amides is 1. The van der Waals surface area contributed by atoms with Gasteiger partial charge in [0.1, 0.15) is 6.04 Å². The van der Waals surface area contributed by atoms with Crippen molar-refractivity contribution in [2.24, 2.45) is 11.1 Å². The second-order valence-electron chi connectivity index (χ2n) is 5.29. The normalized spacial score (nSPS) is 22.9. The van der Waals surface area contributed by atoms with Crippen LogP contribution < -0.4 is 11.1 Å². The molecule has 0 spiro atoms. The number of nitrogens with zero attached hydrogens (tertiary/aromatic N) is 1. The maximum atomic E-state index is 12.5. The van der Waals surface area contributed by atoms with Gasteiger partial charge >= 0.3 is 12.0 Å². The number of carboxylic acid groups (broad SMARTS) is 1. The Morgan fingerprint density at radius 1 is 1.48 bits per heavy atom. The fourth-order valence-electron chi connectivity index (χ4n) is 2.56. The van der Waals surface area contributed by atoms with Gasteiger partial charge in [-0.25, -0.2) is 4.79 Å². The van der Waals surface area contributed by atoms with Gasteiger partial charge in [-0.3, -0.25) is 9.59 Å². The van der Waals surface area contributed by atoms with Crippen LogP contribution in [0.5, 0.6) is 0 Å².